The highest BCUT2D eigenvalue weighted by molar-refractivity contribution is 6.01. The molecule has 6 amide bonds. The highest BCUT2D eigenvalue weighted by Crippen LogP contribution is 2.32. The number of aliphatic hydroxyl groups is 13. The quantitative estimate of drug-likeness (QED) is 0.0210. The Morgan fingerprint density at radius 2 is 0.976 bits per heavy atom. The van der Waals surface area contributed by atoms with Crippen LogP contribution in [0.2, 0.25) is 0 Å². The molecule has 20 atom stereocenters. The van der Waals surface area contributed by atoms with Crippen molar-refractivity contribution in [1.29, 1.82) is 0 Å². The van der Waals surface area contributed by atoms with Crippen LogP contribution in [0.15, 0.2) is 0 Å². The third-order valence-electron chi connectivity index (χ3n) is 14.9. The van der Waals surface area contributed by atoms with Gasteiger partial charge in [-0.1, -0.05) is 19.8 Å². The smallest absolute Gasteiger partial charge is 0.333 e. The zero-order valence-electron chi connectivity index (χ0n) is 47.1. The molecule has 0 unspecified atom stereocenters. The lowest BCUT2D eigenvalue weighted by molar-refractivity contribution is -0.366. The van der Waals surface area contributed by atoms with E-state index in [9.17, 15) is 99.9 Å². The summed E-state index contributed by atoms with van der Waals surface area (Å²) in [7, 11) is 0. The normalized spacial score (nSPS) is 34.3. The zero-order chi connectivity index (χ0) is 62.5. The molecule has 17 N–H and O–H groups in total. The number of nitrogens with one attached hydrogen (secondary N) is 4. The highest BCUT2D eigenvalue weighted by atomic mass is 16.8. The Morgan fingerprint density at radius 1 is 0.506 bits per heavy atom. The third-order valence-corrected chi connectivity index (χ3v) is 14.9. The summed E-state index contributed by atoms with van der Waals surface area (Å²) in [6.45, 7) is -2.26. The van der Waals surface area contributed by atoms with Gasteiger partial charge in [0.2, 0.25) is 23.6 Å². The summed E-state index contributed by atoms with van der Waals surface area (Å²) >= 11 is 0. The van der Waals surface area contributed by atoms with E-state index < -0.39 is 198 Å². The van der Waals surface area contributed by atoms with Crippen molar-refractivity contribution in [2.45, 2.75) is 194 Å². The van der Waals surface area contributed by atoms with Gasteiger partial charge in [-0.3, -0.25) is 33.7 Å². The lowest BCUT2D eigenvalue weighted by Crippen LogP contribution is -2.65. The van der Waals surface area contributed by atoms with E-state index in [0.29, 0.717) is 50.0 Å². The Hall–Kier alpha value is -4.35. The lowest BCUT2D eigenvalue weighted by Gasteiger charge is -2.46. The number of nitrogens with zero attached hydrogens (tertiary/aromatic N) is 2. The van der Waals surface area contributed by atoms with Crippen molar-refractivity contribution < 1.29 is 138 Å². The number of carbonyl (C=O) groups is 7. The van der Waals surface area contributed by atoms with Crippen LogP contribution < -0.4 is 21.3 Å². The van der Waals surface area contributed by atoms with Crippen LogP contribution in [0.5, 0.6) is 0 Å². The molecule has 34 heteroatoms. The number of hydrogen-bond acceptors (Lipinski definition) is 29. The fourth-order valence-corrected chi connectivity index (χ4v) is 9.86. The van der Waals surface area contributed by atoms with Gasteiger partial charge >= 0.3 is 5.97 Å². The van der Waals surface area contributed by atoms with Gasteiger partial charge in [0.05, 0.1) is 64.9 Å². The lowest BCUT2D eigenvalue weighted by atomic mass is 9.82. The SMILES string of the molecule is C[C@@H]1C[C@@H](OCCNC(=O)CCCCCNC(=O)CN(CC(=O)NCCCCCC(=O)ON2C(=O)CCC2=O)CC(=O)NCCO[C@H]2O[C@H](CO[C@H]3O[C@H](CO)[C@@H](O)[C@H](O)[C@@H]3O)[C@@H](O)[C@H](O[C@H]3O[C@H](CO)[C@@H](O)[C@H](O)[C@@H]3O)[C@@H]2O)[C@@H](O)[C@H](O)[C@@H]1O. The van der Waals surface area contributed by atoms with Gasteiger partial charge in [-0.2, -0.15) is 0 Å². The van der Waals surface area contributed by atoms with Gasteiger partial charge < -0.3 is 126 Å². The topological polar surface area (TPSA) is 511 Å². The van der Waals surface area contributed by atoms with Crippen molar-refractivity contribution in [3.05, 3.63) is 0 Å². The summed E-state index contributed by atoms with van der Waals surface area (Å²) in [4.78, 5) is 93.8. The van der Waals surface area contributed by atoms with Crippen LogP contribution >= 0.6 is 0 Å². The van der Waals surface area contributed by atoms with E-state index in [4.69, 9.17) is 38.0 Å². The van der Waals surface area contributed by atoms with Crippen LogP contribution in [0.1, 0.15) is 77.6 Å². The second-order valence-electron chi connectivity index (χ2n) is 21.5. The summed E-state index contributed by atoms with van der Waals surface area (Å²) in [6.07, 6.45) is -28.1. The van der Waals surface area contributed by atoms with Gasteiger partial charge in [-0.25, -0.2) is 4.79 Å². The molecule has 34 nitrogen and oxygen atoms in total. The zero-order valence-corrected chi connectivity index (χ0v) is 47.1. The first-order valence-electron chi connectivity index (χ1n) is 28.5. The molecular formula is C51H86N6O28. The minimum absolute atomic E-state index is 0.0508. The Balaban J connectivity index is 1.11. The van der Waals surface area contributed by atoms with Crippen molar-refractivity contribution >= 4 is 41.4 Å². The first-order chi connectivity index (χ1) is 40.4. The van der Waals surface area contributed by atoms with Gasteiger partial charge in [0.15, 0.2) is 18.9 Å². The van der Waals surface area contributed by atoms with Crippen LogP contribution in [-0.4, -0.2) is 313 Å². The van der Waals surface area contributed by atoms with Crippen molar-refractivity contribution in [2.75, 3.05) is 78.8 Å². The first kappa shape index (κ1) is 71.4. The molecule has 4 heterocycles. The molecule has 488 valence electrons. The number of unbranched alkanes of at least 4 members (excludes halogenated alkanes) is 4. The molecule has 4 saturated heterocycles. The second kappa shape index (κ2) is 35.6. The largest absolute Gasteiger partial charge is 0.394 e. The first-order valence-corrected chi connectivity index (χ1v) is 28.5. The molecule has 0 radical (unpaired) electrons. The van der Waals surface area contributed by atoms with Crippen LogP contribution in [0, 0.1) is 5.92 Å². The van der Waals surface area contributed by atoms with E-state index in [1.54, 1.807) is 6.92 Å². The molecule has 1 aliphatic carbocycles. The fraction of sp³-hybridized carbons (Fsp3) is 0.863. The van der Waals surface area contributed by atoms with Crippen LogP contribution in [0.4, 0.5) is 0 Å². The predicted molar refractivity (Wildman–Crippen MR) is 279 cm³/mol. The van der Waals surface area contributed by atoms with Crippen molar-refractivity contribution in [2.24, 2.45) is 5.92 Å². The molecule has 0 aromatic heterocycles. The Kier molecular flexibility index (Phi) is 29.9. The fourth-order valence-electron chi connectivity index (χ4n) is 9.86. The van der Waals surface area contributed by atoms with Gasteiger partial charge in [0.25, 0.3) is 11.8 Å². The molecule has 4 aliphatic heterocycles. The van der Waals surface area contributed by atoms with Crippen molar-refractivity contribution in [1.82, 2.24) is 31.2 Å². The summed E-state index contributed by atoms with van der Waals surface area (Å²) < 4.78 is 39.2. The minimum atomic E-state index is -1.99. The maximum atomic E-state index is 13.4. The Morgan fingerprint density at radius 3 is 1.54 bits per heavy atom. The number of amides is 6. The Labute approximate surface area is 488 Å². The van der Waals surface area contributed by atoms with E-state index >= 15 is 0 Å². The molecular weight excluding hydrogens is 1140 g/mol. The van der Waals surface area contributed by atoms with E-state index in [1.165, 1.54) is 4.90 Å². The minimum Gasteiger partial charge on any atom is -0.394 e. The van der Waals surface area contributed by atoms with Gasteiger partial charge in [0, 0.05) is 51.9 Å². The van der Waals surface area contributed by atoms with Crippen molar-refractivity contribution in [3.8, 4) is 0 Å². The molecule has 85 heavy (non-hydrogen) atoms. The molecule has 5 aliphatic rings. The summed E-state index contributed by atoms with van der Waals surface area (Å²) in [5.74, 6) is -4.38. The van der Waals surface area contributed by atoms with Crippen LogP contribution in [-0.2, 0) is 71.6 Å². The van der Waals surface area contributed by atoms with Gasteiger partial charge in [0.1, 0.15) is 85.5 Å². The van der Waals surface area contributed by atoms with Crippen LogP contribution in [0.25, 0.3) is 0 Å². The maximum absolute atomic E-state index is 13.4. The number of ether oxygens (including phenoxy) is 7. The summed E-state index contributed by atoms with van der Waals surface area (Å²) in [6, 6.07) is 0. The molecule has 0 bridgehead atoms. The van der Waals surface area contributed by atoms with E-state index in [1.807, 2.05) is 0 Å². The molecule has 1 saturated carbocycles. The van der Waals surface area contributed by atoms with Gasteiger partial charge in [-0.05, 0) is 38.0 Å². The number of imide groups is 1. The maximum Gasteiger partial charge on any atom is 0.333 e. The number of hydroxylamine groups is 2. The van der Waals surface area contributed by atoms with Gasteiger partial charge in [-0.15, -0.1) is 5.06 Å². The number of aliphatic hydroxyl groups excluding tert-OH is 13. The highest BCUT2D eigenvalue weighted by Gasteiger charge is 2.52. The monoisotopic (exact) mass is 1230 g/mol. The third kappa shape index (κ3) is 21.4. The van der Waals surface area contributed by atoms with E-state index in [2.05, 4.69) is 21.3 Å². The molecule has 0 spiro atoms. The standard InChI is InChI=1S/C51H86N6O28/c1-25-18-26(38(68)42(72)37(25)67)78-16-14-54-30(60)8-4-2-6-12-52-31(61)19-56(20-32(62)53-13-7-3-5-9-36(66)85-57-34(64)10-11-35(57)65)21-33(63)55-15-17-79-50-47(77)48(84-51-46(76)44(74)40(70)28(23-59)82-51)41(71)29(83-50)24-80-49-45(75)43(73)39(69)27(22-58)81-49/h25-29,37-51,58-59,67-77H,2-24H2,1H3,(H,52,61)(H,53,62)(H,54,60)(H,55,63)/t25-,26-,27-,28-,29-,37-,38-,39-,40-,41-,42-,43+,44+,45+,46+,47+,48+,49+,50+,51-/m1/s1. The van der Waals surface area contributed by atoms with Crippen molar-refractivity contribution in [3.63, 3.8) is 0 Å². The summed E-state index contributed by atoms with van der Waals surface area (Å²) in [5, 5.41) is 146. The molecule has 0 aromatic rings. The second-order valence-corrected chi connectivity index (χ2v) is 21.5. The molecule has 0 aromatic carbocycles. The van der Waals surface area contributed by atoms with E-state index in [-0.39, 0.29) is 70.3 Å². The predicted octanol–water partition coefficient (Wildman–Crippen LogP) is -9.55. The molecule has 5 rings (SSSR count). The number of hydrogen-bond donors (Lipinski definition) is 17. The number of carbonyl (C=O) groups excluding carboxylic acids is 7. The average molecular weight is 1230 g/mol. The number of rotatable bonds is 34. The Bertz CT molecular complexity index is 2110. The average Bonchev–Trinajstić information content (AvgIpc) is 3.99. The van der Waals surface area contributed by atoms with E-state index in [0.717, 1.165) is 0 Å². The summed E-state index contributed by atoms with van der Waals surface area (Å²) in [5.41, 5.74) is 0. The van der Waals surface area contributed by atoms with Crippen LogP contribution in [0.3, 0.4) is 0 Å². The molecule has 5 fully saturated rings.